The molecule has 0 aromatic carbocycles. The van der Waals surface area contributed by atoms with E-state index < -0.39 is 5.97 Å². The predicted octanol–water partition coefficient (Wildman–Crippen LogP) is 1.81. The molecule has 0 bridgehead atoms. The van der Waals surface area contributed by atoms with Crippen LogP contribution in [0.25, 0.3) is 5.82 Å². The number of ether oxygens (including phenoxy) is 1. The van der Waals surface area contributed by atoms with Crippen LogP contribution in [0.2, 0.25) is 0 Å². The summed E-state index contributed by atoms with van der Waals surface area (Å²) in [5.74, 6) is 0.698. The van der Waals surface area contributed by atoms with E-state index in [1.54, 1.807) is 22.9 Å². The van der Waals surface area contributed by atoms with Crippen LogP contribution in [0.4, 0.5) is 0 Å². The molecule has 0 radical (unpaired) electrons. The SMILES string of the molecule is CCCc1nc(-n2cccc2C(=O)OC)c(C#N)[nH]1. The fourth-order valence-electron chi connectivity index (χ4n) is 1.86. The molecule has 0 unspecified atom stereocenters. The number of methoxy groups -OCH3 is 1. The number of aromatic nitrogens is 3. The Morgan fingerprint density at radius 2 is 2.42 bits per heavy atom. The van der Waals surface area contributed by atoms with E-state index in [2.05, 4.69) is 16.0 Å². The molecule has 2 aromatic rings. The van der Waals surface area contributed by atoms with Gasteiger partial charge in [0.2, 0.25) is 0 Å². The second-order valence-corrected chi connectivity index (χ2v) is 4.00. The standard InChI is InChI=1S/C13H14N4O2/c1-3-5-11-15-9(8-14)12(16-11)17-7-4-6-10(17)13(18)19-2/h4,6-7H,3,5H2,1-2H3,(H,15,16). The van der Waals surface area contributed by atoms with Crippen LogP contribution >= 0.6 is 0 Å². The van der Waals surface area contributed by atoms with E-state index >= 15 is 0 Å². The molecule has 0 saturated carbocycles. The molecule has 19 heavy (non-hydrogen) atoms. The van der Waals surface area contributed by atoms with Crippen molar-refractivity contribution in [3.05, 3.63) is 35.5 Å². The molecule has 0 spiro atoms. The second kappa shape index (κ2) is 5.40. The third kappa shape index (κ3) is 2.36. The number of aromatic amines is 1. The van der Waals surface area contributed by atoms with Gasteiger partial charge in [0.1, 0.15) is 17.6 Å². The summed E-state index contributed by atoms with van der Waals surface area (Å²) in [6.45, 7) is 2.03. The Morgan fingerprint density at radius 3 is 3.05 bits per heavy atom. The van der Waals surface area contributed by atoms with Gasteiger partial charge in [-0.15, -0.1) is 0 Å². The lowest BCUT2D eigenvalue weighted by Crippen LogP contribution is -2.09. The normalized spacial score (nSPS) is 10.2. The van der Waals surface area contributed by atoms with E-state index in [0.717, 1.165) is 18.7 Å². The fourth-order valence-corrected chi connectivity index (χ4v) is 1.86. The molecule has 98 valence electrons. The van der Waals surface area contributed by atoms with Gasteiger partial charge in [0.05, 0.1) is 7.11 Å². The first-order valence-corrected chi connectivity index (χ1v) is 5.96. The summed E-state index contributed by atoms with van der Waals surface area (Å²) < 4.78 is 6.26. The maximum Gasteiger partial charge on any atom is 0.355 e. The molecule has 1 N–H and O–H groups in total. The zero-order valence-corrected chi connectivity index (χ0v) is 10.8. The lowest BCUT2D eigenvalue weighted by molar-refractivity contribution is 0.0591. The van der Waals surface area contributed by atoms with Gasteiger partial charge in [-0.2, -0.15) is 5.26 Å². The molecule has 0 amide bonds. The maximum absolute atomic E-state index is 11.6. The minimum absolute atomic E-state index is 0.338. The lowest BCUT2D eigenvalue weighted by atomic mass is 10.3. The van der Waals surface area contributed by atoms with Gasteiger partial charge in [-0.25, -0.2) is 9.78 Å². The number of H-pyrrole nitrogens is 1. The van der Waals surface area contributed by atoms with E-state index in [4.69, 9.17) is 10.00 Å². The van der Waals surface area contributed by atoms with E-state index in [0.29, 0.717) is 17.2 Å². The van der Waals surface area contributed by atoms with Gasteiger partial charge in [-0.3, -0.25) is 4.57 Å². The van der Waals surface area contributed by atoms with Crippen molar-refractivity contribution in [2.75, 3.05) is 7.11 Å². The second-order valence-electron chi connectivity index (χ2n) is 4.00. The molecule has 2 heterocycles. The van der Waals surface area contributed by atoms with Gasteiger partial charge >= 0.3 is 5.97 Å². The minimum Gasteiger partial charge on any atom is -0.464 e. The number of imidazole rings is 1. The van der Waals surface area contributed by atoms with Gasteiger partial charge in [0.15, 0.2) is 11.5 Å². The highest BCUT2D eigenvalue weighted by Gasteiger charge is 2.17. The van der Waals surface area contributed by atoms with Crippen LogP contribution in [-0.4, -0.2) is 27.6 Å². The Labute approximate surface area is 110 Å². The lowest BCUT2D eigenvalue weighted by Gasteiger charge is -2.04. The summed E-state index contributed by atoms with van der Waals surface area (Å²) in [6.07, 6.45) is 3.36. The highest BCUT2D eigenvalue weighted by molar-refractivity contribution is 5.88. The Kier molecular flexibility index (Phi) is 3.66. The van der Waals surface area contributed by atoms with E-state index in [9.17, 15) is 4.79 Å². The summed E-state index contributed by atoms with van der Waals surface area (Å²) in [4.78, 5) is 19.0. The van der Waals surface area contributed by atoms with Crippen LogP contribution < -0.4 is 0 Å². The molecule has 2 aromatic heterocycles. The van der Waals surface area contributed by atoms with Crippen LogP contribution in [0.15, 0.2) is 18.3 Å². The van der Waals surface area contributed by atoms with Crippen molar-refractivity contribution in [2.24, 2.45) is 0 Å². The average molecular weight is 258 g/mol. The van der Waals surface area contributed by atoms with Crippen LogP contribution in [0.3, 0.4) is 0 Å². The summed E-state index contributed by atoms with van der Waals surface area (Å²) >= 11 is 0. The Morgan fingerprint density at radius 1 is 1.63 bits per heavy atom. The zero-order valence-electron chi connectivity index (χ0n) is 10.8. The number of rotatable bonds is 4. The van der Waals surface area contributed by atoms with E-state index in [-0.39, 0.29) is 0 Å². The largest absolute Gasteiger partial charge is 0.464 e. The number of aryl methyl sites for hydroxylation is 1. The first-order valence-electron chi connectivity index (χ1n) is 5.96. The van der Waals surface area contributed by atoms with Gasteiger partial charge in [0, 0.05) is 12.6 Å². The first-order chi connectivity index (χ1) is 9.21. The minimum atomic E-state index is -0.464. The molecule has 0 aliphatic rings. The van der Waals surface area contributed by atoms with Crippen LogP contribution in [0.1, 0.15) is 35.4 Å². The summed E-state index contributed by atoms with van der Waals surface area (Å²) in [5, 5.41) is 9.13. The molecule has 0 fully saturated rings. The van der Waals surface area contributed by atoms with Gasteiger partial charge in [0.25, 0.3) is 0 Å². The number of carbonyl (C=O) groups is 1. The smallest absolute Gasteiger partial charge is 0.355 e. The highest BCUT2D eigenvalue weighted by Crippen LogP contribution is 2.16. The van der Waals surface area contributed by atoms with E-state index in [1.807, 2.05) is 6.92 Å². The monoisotopic (exact) mass is 258 g/mol. The Hall–Kier alpha value is -2.55. The van der Waals surface area contributed by atoms with Gasteiger partial charge in [-0.1, -0.05) is 6.92 Å². The number of nitriles is 1. The van der Waals surface area contributed by atoms with E-state index in [1.165, 1.54) is 7.11 Å². The van der Waals surface area contributed by atoms with Crippen molar-refractivity contribution in [1.82, 2.24) is 14.5 Å². The number of nitrogens with zero attached hydrogens (tertiary/aromatic N) is 3. The quantitative estimate of drug-likeness (QED) is 0.848. The molecule has 6 nitrogen and oxygen atoms in total. The molecular formula is C13H14N4O2. The zero-order chi connectivity index (χ0) is 13.8. The number of nitrogens with one attached hydrogen (secondary N) is 1. The van der Waals surface area contributed by atoms with Crippen LogP contribution in [0, 0.1) is 11.3 Å². The van der Waals surface area contributed by atoms with Gasteiger partial charge < -0.3 is 9.72 Å². The molecule has 0 atom stereocenters. The molecule has 6 heteroatoms. The van der Waals surface area contributed by atoms with Crippen molar-refractivity contribution in [3.63, 3.8) is 0 Å². The topological polar surface area (TPSA) is 83.7 Å². The fraction of sp³-hybridized carbons (Fsp3) is 0.308. The molecule has 2 rings (SSSR count). The van der Waals surface area contributed by atoms with Crippen molar-refractivity contribution >= 4 is 5.97 Å². The summed E-state index contributed by atoms with van der Waals surface area (Å²) in [7, 11) is 1.32. The average Bonchev–Trinajstić information content (AvgIpc) is 3.03. The number of esters is 1. The molecule has 0 saturated heterocycles. The van der Waals surface area contributed by atoms with Crippen molar-refractivity contribution < 1.29 is 9.53 Å². The summed E-state index contributed by atoms with van der Waals surface area (Å²) in [5.41, 5.74) is 0.679. The number of hydrogen-bond donors (Lipinski definition) is 1. The maximum atomic E-state index is 11.6. The van der Waals surface area contributed by atoms with Crippen LogP contribution in [0.5, 0.6) is 0 Å². The Balaban J connectivity index is 2.50. The number of carbonyl (C=O) groups excluding carboxylic acids is 1. The Bertz CT molecular complexity index is 633. The van der Waals surface area contributed by atoms with Crippen LogP contribution in [-0.2, 0) is 11.2 Å². The highest BCUT2D eigenvalue weighted by atomic mass is 16.5. The summed E-state index contributed by atoms with van der Waals surface area (Å²) in [6, 6.07) is 5.39. The number of hydrogen-bond acceptors (Lipinski definition) is 4. The molecule has 0 aliphatic heterocycles. The third-order valence-corrected chi connectivity index (χ3v) is 2.70. The van der Waals surface area contributed by atoms with Crippen molar-refractivity contribution in [2.45, 2.75) is 19.8 Å². The first kappa shape index (κ1) is 12.9. The van der Waals surface area contributed by atoms with Gasteiger partial charge in [-0.05, 0) is 18.6 Å². The third-order valence-electron chi connectivity index (χ3n) is 2.70. The van der Waals surface area contributed by atoms with Crippen molar-refractivity contribution in [1.29, 1.82) is 5.26 Å². The molecule has 0 aliphatic carbocycles. The van der Waals surface area contributed by atoms with Crippen molar-refractivity contribution in [3.8, 4) is 11.9 Å². The molecular weight excluding hydrogens is 244 g/mol. The predicted molar refractivity (Wildman–Crippen MR) is 68.0 cm³/mol.